The smallest absolute Gasteiger partial charge is 0.115 e. The van der Waals surface area contributed by atoms with Crippen molar-refractivity contribution in [3.05, 3.63) is 49.4 Å². The number of halogens is 2. The third kappa shape index (κ3) is 3.48. The fourth-order valence-electron chi connectivity index (χ4n) is 1.91. The zero-order valence-corrected chi connectivity index (χ0v) is 13.5. The number of nitrogens with one attached hydrogen (secondary N) is 1. The highest BCUT2D eigenvalue weighted by Gasteiger charge is 2.18. The van der Waals surface area contributed by atoms with Crippen molar-refractivity contribution in [2.45, 2.75) is 26.8 Å². The minimum Gasteiger partial charge on any atom is -0.305 e. The molecule has 0 amide bonds. The van der Waals surface area contributed by atoms with Crippen LogP contribution in [0.5, 0.6) is 0 Å². The summed E-state index contributed by atoms with van der Waals surface area (Å²) in [7, 11) is 0. The van der Waals surface area contributed by atoms with Gasteiger partial charge in [-0.05, 0) is 44.2 Å². The minimum absolute atomic E-state index is 0.0404. The summed E-state index contributed by atoms with van der Waals surface area (Å²) in [4.78, 5) is 5.88. The number of rotatable bonds is 4. The molecular formula is C14H16Cl2N2S. The van der Waals surface area contributed by atoms with E-state index >= 15 is 0 Å². The molecule has 2 nitrogen and oxygen atoms in total. The van der Waals surface area contributed by atoms with E-state index in [2.05, 4.69) is 24.1 Å². The third-order valence-corrected chi connectivity index (χ3v) is 4.49. The minimum atomic E-state index is 0.0404. The van der Waals surface area contributed by atoms with Gasteiger partial charge >= 0.3 is 0 Å². The molecule has 0 aliphatic heterocycles. The highest BCUT2D eigenvalue weighted by Crippen LogP contribution is 2.31. The fraction of sp³-hybridized carbons (Fsp3) is 0.357. The monoisotopic (exact) mass is 314 g/mol. The number of thiazole rings is 1. The maximum atomic E-state index is 6.09. The second-order valence-corrected chi connectivity index (χ2v) is 6.49. The van der Waals surface area contributed by atoms with Crippen LogP contribution in [0.2, 0.25) is 10.0 Å². The van der Waals surface area contributed by atoms with E-state index in [0.717, 1.165) is 22.8 Å². The molecule has 0 fully saturated rings. The molecule has 1 N–H and O–H groups in total. The quantitative estimate of drug-likeness (QED) is 0.879. The van der Waals surface area contributed by atoms with Crippen LogP contribution >= 0.6 is 34.5 Å². The highest BCUT2D eigenvalue weighted by molar-refractivity contribution is 7.11. The Morgan fingerprint density at radius 3 is 2.32 bits per heavy atom. The van der Waals surface area contributed by atoms with Gasteiger partial charge in [0, 0.05) is 14.9 Å². The van der Waals surface area contributed by atoms with Crippen molar-refractivity contribution >= 4 is 34.5 Å². The third-order valence-electron chi connectivity index (χ3n) is 2.92. The Balaban J connectivity index is 2.44. The number of hydrogen-bond donors (Lipinski definition) is 1. The van der Waals surface area contributed by atoms with Gasteiger partial charge in [0.15, 0.2) is 0 Å². The first-order valence-electron chi connectivity index (χ1n) is 6.14. The normalized spacial score (nSPS) is 12.7. The average Bonchev–Trinajstić information content (AvgIpc) is 2.65. The molecule has 1 unspecified atom stereocenters. The molecule has 0 radical (unpaired) electrons. The maximum absolute atomic E-state index is 6.09. The molecule has 1 atom stereocenters. The summed E-state index contributed by atoms with van der Waals surface area (Å²) in [6, 6.07) is 5.66. The molecule has 1 aromatic carbocycles. The van der Waals surface area contributed by atoms with Gasteiger partial charge in [-0.2, -0.15) is 0 Å². The molecule has 19 heavy (non-hydrogen) atoms. The van der Waals surface area contributed by atoms with Crippen LogP contribution in [0, 0.1) is 13.8 Å². The Labute approximate surface area is 127 Å². The van der Waals surface area contributed by atoms with Gasteiger partial charge in [-0.1, -0.05) is 30.1 Å². The molecule has 1 aromatic heterocycles. The van der Waals surface area contributed by atoms with Gasteiger partial charge in [-0.15, -0.1) is 11.3 Å². The predicted octanol–water partition coefficient (Wildman–Crippen LogP) is 4.77. The van der Waals surface area contributed by atoms with E-state index in [9.17, 15) is 0 Å². The zero-order valence-electron chi connectivity index (χ0n) is 11.1. The standard InChI is InChI=1S/C14H16Cl2N2S/c1-4-17-13(14-18-8(2)9(3)19-14)10-5-11(15)7-12(16)6-10/h5-7,13,17H,4H2,1-3H3. The van der Waals surface area contributed by atoms with Gasteiger partial charge in [0.2, 0.25) is 0 Å². The van der Waals surface area contributed by atoms with Crippen molar-refractivity contribution in [1.29, 1.82) is 0 Å². The van der Waals surface area contributed by atoms with Crippen LogP contribution in [0.15, 0.2) is 18.2 Å². The molecule has 102 valence electrons. The molecule has 5 heteroatoms. The van der Waals surface area contributed by atoms with Crippen LogP contribution in [-0.2, 0) is 0 Å². The molecule has 2 aromatic rings. The lowest BCUT2D eigenvalue weighted by Crippen LogP contribution is -2.21. The SMILES string of the molecule is CCNC(c1cc(Cl)cc(Cl)c1)c1nc(C)c(C)s1. The van der Waals surface area contributed by atoms with Crippen LogP contribution in [0.4, 0.5) is 0 Å². The van der Waals surface area contributed by atoms with Gasteiger partial charge in [0.1, 0.15) is 5.01 Å². The van der Waals surface area contributed by atoms with Gasteiger partial charge in [0.05, 0.1) is 11.7 Å². The van der Waals surface area contributed by atoms with Crippen LogP contribution in [0.3, 0.4) is 0 Å². The Bertz CT molecular complexity index is 541. The van der Waals surface area contributed by atoms with Gasteiger partial charge < -0.3 is 5.32 Å². The van der Waals surface area contributed by atoms with E-state index in [0.29, 0.717) is 10.0 Å². The second-order valence-electron chi connectivity index (χ2n) is 4.39. The molecule has 2 rings (SSSR count). The summed E-state index contributed by atoms with van der Waals surface area (Å²) in [5.41, 5.74) is 2.13. The van der Waals surface area contributed by atoms with Crippen molar-refractivity contribution in [2.24, 2.45) is 0 Å². The Morgan fingerprint density at radius 2 is 1.84 bits per heavy atom. The predicted molar refractivity (Wildman–Crippen MR) is 83.6 cm³/mol. The van der Waals surface area contributed by atoms with E-state index in [1.54, 1.807) is 17.4 Å². The molecule has 0 saturated heterocycles. The Kier molecular flexibility index (Phi) is 4.85. The number of hydrogen-bond acceptors (Lipinski definition) is 3. The van der Waals surface area contributed by atoms with E-state index in [1.165, 1.54) is 4.88 Å². The molecule has 0 saturated carbocycles. The van der Waals surface area contributed by atoms with Gasteiger partial charge in [0.25, 0.3) is 0 Å². The zero-order chi connectivity index (χ0) is 14.0. The largest absolute Gasteiger partial charge is 0.305 e. The Morgan fingerprint density at radius 1 is 1.21 bits per heavy atom. The lowest BCUT2D eigenvalue weighted by Gasteiger charge is -2.16. The van der Waals surface area contributed by atoms with Crippen LogP contribution in [-0.4, -0.2) is 11.5 Å². The molecule has 1 heterocycles. The summed E-state index contributed by atoms with van der Waals surface area (Å²) in [5, 5.41) is 5.79. The van der Waals surface area contributed by atoms with E-state index in [4.69, 9.17) is 23.2 Å². The van der Waals surface area contributed by atoms with Crippen molar-refractivity contribution in [3.8, 4) is 0 Å². The summed E-state index contributed by atoms with van der Waals surface area (Å²) in [6.07, 6.45) is 0. The molecular weight excluding hydrogens is 299 g/mol. The van der Waals surface area contributed by atoms with E-state index in [1.807, 2.05) is 19.1 Å². The maximum Gasteiger partial charge on any atom is 0.115 e. The highest BCUT2D eigenvalue weighted by atomic mass is 35.5. The van der Waals surface area contributed by atoms with Crippen molar-refractivity contribution in [1.82, 2.24) is 10.3 Å². The van der Waals surface area contributed by atoms with E-state index in [-0.39, 0.29) is 6.04 Å². The van der Waals surface area contributed by atoms with E-state index < -0.39 is 0 Å². The first-order chi connectivity index (χ1) is 9.01. The van der Waals surface area contributed by atoms with Crippen LogP contribution in [0.25, 0.3) is 0 Å². The number of aryl methyl sites for hydroxylation is 2. The number of benzene rings is 1. The summed E-state index contributed by atoms with van der Waals surface area (Å²) in [6.45, 7) is 7.05. The Hall–Kier alpha value is -0.610. The molecule has 0 bridgehead atoms. The fourth-order valence-corrected chi connectivity index (χ4v) is 3.48. The summed E-state index contributed by atoms with van der Waals surface area (Å²) < 4.78 is 0. The lowest BCUT2D eigenvalue weighted by molar-refractivity contribution is 0.626. The second kappa shape index (κ2) is 6.23. The van der Waals surface area contributed by atoms with Crippen molar-refractivity contribution in [2.75, 3.05) is 6.54 Å². The van der Waals surface area contributed by atoms with Crippen LogP contribution in [0.1, 0.15) is 34.1 Å². The number of aromatic nitrogens is 1. The van der Waals surface area contributed by atoms with Crippen molar-refractivity contribution < 1.29 is 0 Å². The van der Waals surface area contributed by atoms with Gasteiger partial charge in [-0.3, -0.25) is 0 Å². The van der Waals surface area contributed by atoms with Crippen LogP contribution < -0.4 is 5.32 Å². The first kappa shape index (κ1) is 14.8. The lowest BCUT2D eigenvalue weighted by atomic mass is 10.1. The average molecular weight is 315 g/mol. The topological polar surface area (TPSA) is 24.9 Å². The summed E-state index contributed by atoms with van der Waals surface area (Å²) in [5.74, 6) is 0. The molecule has 0 aliphatic carbocycles. The van der Waals surface area contributed by atoms with Crippen molar-refractivity contribution in [3.63, 3.8) is 0 Å². The first-order valence-corrected chi connectivity index (χ1v) is 7.71. The number of nitrogens with zero attached hydrogens (tertiary/aromatic N) is 1. The molecule has 0 spiro atoms. The summed E-state index contributed by atoms with van der Waals surface area (Å²) >= 11 is 13.9. The van der Waals surface area contributed by atoms with Gasteiger partial charge in [-0.25, -0.2) is 4.98 Å². The molecule has 0 aliphatic rings.